The van der Waals surface area contributed by atoms with Gasteiger partial charge in [-0.05, 0) is 24.6 Å². The predicted octanol–water partition coefficient (Wildman–Crippen LogP) is 2.13. The molecule has 3 atom stereocenters. The normalized spacial score (nSPS) is 25.4. The number of carbonyl (C=O) groups excluding carboxylic acids is 1. The number of rotatable bonds is 6. The molecule has 3 rings (SSSR count). The van der Waals surface area contributed by atoms with Crippen molar-refractivity contribution in [3.8, 4) is 0 Å². The van der Waals surface area contributed by atoms with Gasteiger partial charge in [0.1, 0.15) is 5.41 Å². The Morgan fingerprint density at radius 1 is 1.08 bits per heavy atom. The van der Waals surface area contributed by atoms with Crippen molar-refractivity contribution in [3.63, 3.8) is 0 Å². The van der Waals surface area contributed by atoms with Crippen LogP contribution >= 0.6 is 0 Å². The lowest BCUT2D eigenvalue weighted by Gasteiger charge is -2.14. The summed E-state index contributed by atoms with van der Waals surface area (Å²) in [5.41, 5.74) is 5.47. The quantitative estimate of drug-likeness (QED) is 0.799. The summed E-state index contributed by atoms with van der Waals surface area (Å²) in [6.07, 6.45) is 0. The second kappa shape index (κ2) is 6.61. The highest BCUT2D eigenvalue weighted by Gasteiger charge is 2.75. The molecule has 0 amide bonds. The van der Waals surface area contributed by atoms with Crippen molar-refractivity contribution in [2.75, 3.05) is 13.2 Å². The van der Waals surface area contributed by atoms with Crippen LogP contribution in [0.3, 0.4) is 0 Å². The van der Waals surface area contributed by atoms with Gasteiger partial charge in [-0.1, -0.05) is 48.5 Å². The van der Waals surface area contributed by atoms with Crippen molar-refractivity contribution in [2.24, 2.45) is 11.1 Å². The first-order chi connectivity index (χ1) is 12.0. The van der Waals surface area contributed by atoms with E-state index in [4.69, 9.17) is 10.5 Å². The van der Waals surface area contributed by atoms with E-state index in [0.717, 1.165) is 5.56 Å². The number of nitrogens with two attached hydrogens (primary N) is 1. The molecule has 0 saturated heterocycles. The lowest BCUT2D eigenvalue weighted by Crippen LogP contribution is -2.33. The zero-order valence-corrected chi connectivity index (χ0v) is 14.8. The Labute approximate surface area is 147 Å². The van der Waals surface area contributed by atoms with Crippen molar-refractivity contribution in [1.82, 2.24) is 0 Å². The molecular weight excluding hydrogens is 338 g/mol. The summed E-state index contributed by atoms with van der Waals surface area (Å²) in [5, 5.41) is -0.922. The third-order valence-corrected chi connectivity index (χ3v) is 7.10. The highest BCUT2D eigenvalue weighted by Crippen LogP contribution is 2.64. The number of esters is 1. The summed E-state index contributed by atoms with van der Waals surface area (Å²) >= 11 is 0. The van der Waals surface area contributed by atoms with E-state index in [2.05, 4.69) is 0 Å². The first-order valence-corrected chi connectivity index (χ1v) is 9.76. The second-order valence-electron chi connectivity index (χ2n) is 6.13. The SMILES string of the molecule is CCOC(=O)[C@@]1(CN)[C@H](S(=O)(=O)c2ccccc2)[C@@H]1c1ccccc1. The minimum atomic E-state index is -3.73. The molecule has 6 heteroatoms. The fourth-order valence-electron chi connectivity index (χ4n) is 3.59. The lowest BCUT2D eigenvalue weighted by atomic mass is 9.99. The molecule has 2 aromatic carbocycles. The monoisotopic (exact) mass is 359 g/mol. The third kappa shape index (κ3) is 2.75. The molecule has 25 heavy (non-hydrogen) atoms. The third-order valence-electron chi connectivity index (χ3n) is 4.81. The van der Waals surface area contributed by atoms with E-state index in [0.29, 0.717) is 0 Å². The number of benzene rings is 2. The van der Waals surface area contributed by atoms with Crippen LogP contribution in [0.5, 0.6) is 0 Å². The molecule has 1 saturated carbocycles. The zero-order valence-electron chi connectivity index (χ0n) is 14.0. The van der Waals surface area contributed by atoms with E-state index in [1.807, 2.05) is 30.3 Å². The molecule has 0 aliphatic heterocycles. The second-order valence-corrected chi connectivity index (χ2v) is 8.20. The Morgan fingerprint density at radius 2 is 1.64 bits per heavy atom. The van der Waals surface area contributed by atoms with E-state index in [-0.39, 0.29) is 18.0 Å². The van der Waals surface area contributed by atoms with Gasteiger partial charge in [0, 0.05) is 12.5 Å². The number of sulfone groups is 1. The first kappa shape index (κ1) is 17.6. The average Bonchev–Trinajstić information content (AvgIpc) is 3.35. The van der Waals surface area contributed by atoms with Gasteiger partial charge in [-0.2, -0.15) is 0 Å². The number of hydrogen-bond acceptors (Lipinski definition) is 5. The summed E-state index contributed by atoms with van der Waals surface area (Å²) in [6, 6.07) is 17.3. The van der Waals surface area contributed by atoms with Crippen LogP contribution in [0.15, 0.2) is 65.6 Å². The van der Waals surface area contributed by atoms with Crippen molar-refractivity contribution >= 4 is 15.8 Å². The van der Waals surface area contributed by atoms with Gasteiger partial charge in [0.15, 0.2) is 9.84 Å². The van der Waals surface area contributed by atoms with Crippen LogP contribution in [-0.4, -0.2) is 32.8 Å². The minimum Gasteiger partial charge on any atom is -0.465 e. The molecule has 0 aromatic heterocycles. The summed E-state index contributed by atoms with van der Waals surface area (Å²) in [4.78, 5) is 12.9. The molecule has 2 aromatic rings. The first-order valence-electron chi connectivity index (χ1n) is 8.21. The van der Waals surface area contributed by atoms with E-state index < -0.39 is 32.4 Å². The lowest BCUT2D eigenvalue weighted by molar-refractivity contribution is -0.149. The van der Waals surface area contributed by atoms with Gasteiger partial charge in [-0.15, -0.1) is 0 Å². The molecule has 0 bridgehead atoms. The van der Waals surface area contributed by atoms with Crippen molar-refractivity contribution in [3.05, 3.63) is 66.2 Å². The molecular formula is C19H21NO4S. The molecule has 1 fully saturated rings. The van der Waals surface area contributed by atoms with Gasteiger partial charge in [-0.25, -0.2) is 8.42 Å². The molecule has 0 radical (unpaired) electrons. The van der Waals surface area contributed by atoms with E-state index in [1.165, 1.54) is 0 Å². The maximum Gasteiger partial charge on any atom is 0.315 e. The van der Waals surface area contributed by atoms with E-state index in [1.54, 1.807) is 37.3 Å². The molecule has 132 valence electrons. The van der Waals surface area contributed by atoms with Crippen molar-refractivity contribution in [2.45, 2.75) is 23.0 Å². The summed E-state index contributed by atoms with van der Waals surface area (Å²) in [7, 11) is -3.73. The highest BCUT2D eigenvalue weighted by atomic mass is 32.2. The van der Waals surface area contributed by atoms with Crippen LogP contribution in [0.1, 0.15) is 18.4 Å². The summed E-state index contributed by atoms with van der Waals surface area (Å²) in [6.45, 7) is 1.80. The fourth-order valence-corrected chi connectivity index (χ4v) is 5.99. The Bertz CT molecular complexity index is 852. The summed E-state index contributed by atoms with van der Waals surface area (Å²) in [5.74, 6) is -1.06. The molecule has 2 N–H and O–H groups in total. The van der Waals surface area contributed by atoms with Crippen LogP contribution in [0.2, 0.25) is 0 Å². The van der Waals surface area contributed by atoms with Crippen LogP contribution in [0.25, 0.3) is 0 Å². The maximum atomic E-state index is 13.2. The van der Waals surface area contributed by atoms with Gasteiger partial charge in [0.05, 0.1) is 16.8 Å². The Kier molecular flexibility index (Phi) is 4.67. The fraction of sp³-hybridized carbons (Fsp3) is 0.316. The maximum absolute atomic E-state index is 13.2. The Balaban J connectivity index is 2.11. The predicted molar refractivity (Wildman–Crippen MR) is 94.7 cm³/mol. The van der Waals surface area contributed by atoms with E-state index in [9.17, 15) is 13.2 Å². The van der Waals surface area contributed by atoms with Gasteiger partial charge in [0.2, 0.25) is 0 Å². The minimum absolute atomic E-state index is 0.0812. The molecule has 5 nitrogen and oxygen atoms in total. The van der Waals surface area contributed by atoms with Crippen LogP contribution in [0.4, 0.5) is 0 Å². The molecule has 1 aliphatic rings. The molecule has 0 unspecified atom stereocenters. The topological polar surface area (TPSA) is 86.5 Å². The summed E-state index contributed by atoms with van der Waals surface area (Å²) < 4.78 is 31.6. The van der Waals surface area contributed by atoms with Crippen LogP contribution in [-0.2, 0) is 19.4 Å². The Hall–Kier alpha value is -2.18. The van der Waals surface area contributed by atoms with Crippen LogP contribution < -0.4 is 5.73 Å². The molecule has 0 spiro atoms. The van der Waals surface area contributed by atoms with Gasteiger partial charge in [-0.3, -0.25) is 4.79 Å². The molecule has 0 heterocycles. The van der Waals surface area contributed by atoms with Crippen molar-refractivity contribution in [1.29, 1.82) is 0 Å². The van der Waals surface area contributed by atoms with E-state index >= 15 is 0 Å². The number of hydrogen-bond donors (Lipinski definition) is 1. The highest BCUT2D eigenvalue weighted by molar-refractivity contribution is 7.92. The average molecular weight is 359 g/mol. The zero-order chi connectivity index (χ0) is 18.1. The van der Waals surface area contributed by atoms with Crippen LogP contribution in [0, 0.1) is 5.41 Å². The van der Waals surface area contributed by atoms with Gasteiger partial charge < -0.3 is 10.5 Å². The molecule has 1 aliphatic carbocycles. The standard InChI is InChI=1S/C19H21NO4S/c1-2-24-18(21)19(13-20)16(14-9-5-3-6-10-14)17(19)25(22,23)15-11-7-4-8-12-15/h3-12,16-17H,2,13,20H2,1H3/t16-,17+,19+/m0/s1. The smallest absolute Gasteiger partial charge is 0.315 e. The largest absolute Gasteiger partial charge is 0.465 e. The number of carbonyl (C=O) groups is 1. The van der Waals surface area contributed by atoms with Gasteiger partial charge >= 0.3 is 5.97 Å². The Morgan fingerprint density at radius 3 is 2.16 bits per heavy atom. The number of ether oxygens (including phenoxy) is 1. The van der Waals surface area contributed by atoms with Crippen molar-refractivity contribution < 1.29 is 17.9 Å². The van der Waals surface area contributed by atoms with Gasteiger partial charge in [0.25, 0.3) is 0 Å².